The van der Waals surface area contributed by atoms with E-state index in [-0.39, 0.29) is 11.3 Å². The molecule has 110 valence electrons. The van der Waals surface area contributed by atoms with Gasteiger partial charge in [-0.25, -0.2) is 8.78 Å². The second-order valence-electron chi connectivity index (χ2n) is 4.49. The number of halogens is 2. The molecule has 2 aromatic carbocycles. The van der Waals surface area contributed by atoms with Crippen molar-refractivity contribution in [3.63, 3.8) is 0 Å². The van der Waals surface area contributed by atoms with Crippen molar-refractivity contribution in [1.82, 2.24) is 5.16 Å². The molecule has 0 spiro atoms. The topological polar surface area (TPSA) is 55.1 Å². The Morgan fingerprint density at radius 1 is 1.00 bits per heavy atom. The Bertz CT molecular complexity index is 796. The first-order valence-electron chi connectivity index (χ1n) is 6.42. The maximum Gasteiger partial charge on any atom is 0.261 e. The highest BCUT2D eigenvalue weighted by Gasteiger charge is 2.20. The van der Waals surface area contributed by atoms with E-state index in [0.29, 0.717) is 5.56 Å². The molecule has 6 heteroatoms. The molecule has 1 aromatic heterocycles. The van der Waals surface area contributed by atoms with Gasteiger partial charge in [-0.05, 0) is 12.1 Å². The number of hydrogen-bond acceptors (Lipinski definition) is 3. The molecule has 0 bridgehead atoms. The van der Waals surface area contributed by atoms with Crippen LogP contribution in [0.2, 0.25) is 0 Å². The summed E-state index contributed by atoms with van der Waals surface area (Å²) in [7, 11) is 0. The lowest BCUT2D eigenvalue weighted by atomic mass is 10.1. The Balaban J connectivity index is 1.93. The highest BCUT2D eigenvalue weighted by Crippen LogP contribution is 2.25. The summed E-state index contributed by atoms with van der Waals surface area (Å²) in [4.78, 5) is 12.2. The average molecular weight is 300 g/mol. The van der Waals surface area contributed by atoms with Gasteiger partial charge >= 0.3 is 0 Å². The summed E-state index contributed by atoms with van der Waals surface area (Å²) in [6.45, 7) is 0. The molecule has 3 rings (SSSR count). The molecule has 0 radical (unpaired) electrons. The van der Waals surface area contributed by atoms with Gasteiger partial charge in [-0.3, -0.25) is 4.79 Å². The van der Waals surface area contributed by atoms with E-state index in [1.807, 2.05) is 6.07 Å². The molecule has 0 aliphatic rings. The fourth-order valence-corrected chi connectivity index (χ4v) is 2.00. The minimum Gasteiger partial charge on any atom is -0.355 e. The van der Waals surface area contributed by atoms with Crippen LogP contribution in [-0.4, -0.2) is 11.1 Å². The van der Waals surface area contributed by atoms with E-state index in [1.54, 1.807) is 24.3 Å². The summed E-state index contributed by atoms with van der Waals surface area (Å²) in [6.07, 6.45) is 1.20. The summed E-state index contributed by atoms with van der Waals surface area (Å²) in [5.74, 6) is -2.18. The number of nitrogens with one attached hydrogen (secondary N) is 1. The molecule has 0 atom stereocenters. The lowest BCUT2D eigenvalue weighted by Crippen LogP contribution is -2.14. The van der Waals surface area contributed by atoms with Crippen molar-refractivity contribution >= 4 is 11.6 Å². The highest BCUT2D eigenvalue weighted by atomic mass is 19.1. The first kappa shape index (κ1) is 13.9. The number of carbonyl (C=O) groups excluding carboxylic acids is 1. The highest BCUT2D eigenvalue weighted by molar-refractivity contribution is 6.07. The Hall–Kier alpha value is -3.02. The molecule has 22 heavy (non-hydrogen) atoms. The molecule has 0 aliphatic carbocycles. The van der Waals surface area contributed by atoms with Crippen molar-refractivity contribution in [1.29, 1.82) is 0 Å². The van der Waals surface area contributed by atoms with E-state index in [0.717, 1.165) is 12.1 Å². The molecular formula is C16H10F2N2O2. The number of rotatable bonds is 3. The molecule has 0 fully saturated rings. The van der Waals surface area contributed by atoms with Crippen LogP contribution in [-0.2, 0) is 0 Å². The average Bonchev–Trinajstić information content (AvgIpc) is 3.01. The Morgan fingerprint density at radius 3 is 2.36 bits per heavy atom. The smallest absolute Gasteiger partial charge is 0.261 e. The van der Waals surface area contributed by atoms with Gasteiger partial charge in [-0.2, -0.15) is 0 Å². The van der Waals surface area contributed by atoms with Crippen LogP contribution in [0.15, 0.2) is 59.3 Å². The number of hydrogen-bond donors (Lipinski definition) is 1. The monoisotopic (exact) mass is 300 g/mol. The van der Waals surface area contributed by atoms with Gasteiger partial charge in [0.05, 0.1) is 6.20 Å². The zero-order valence-corrected chi connectivity index (χ0v) is 11.2. The summed E-state index contributed by atoms with van der Waals surface area (Å²) in [6, 6.07) is 12.2. The van der Waals surface area contributed by atoms with E-state index in [4.69, 9.17) is 4.52 Å². The van der Waals surface area contributed by atoms with E-state index >= 15 is 0 Å². The molecule has 0 saturated heterocycles. The summed E-state index contributed by atoms with van der Waals surface area (Å²) in [5.41, 5.74) is 0.223. The van der Waals surface area contributed by atoms with Crippen LogP contribution >= 0.6 is 0 Å². The first-order chi connectivity index (χ1) is 10.7. The van der Waals surface area contributed by atoms with Crippen LogP contribution in [0.4, 0.5) is 14.5 Å². The molecule has 0 unspecified atom stereocenters. The predicted octanol–water partition coefficient (Wildman–Crippen LogP) is 3.87. The lowest BCUT2D eigenvalue weighted by Gasteiger charge is -2.07. The minimum atomic E-state index is -0.855. The van der Waals surface area contributed by atoms with Crippen LogP contribution in [0.25, 0.3) is 11.3 Å². The Labute approximate surface area is 124 Å². The van der Waals surface area contributed by atoms with Crippen LogP contribution in [0.3, 0.4) is 0 Å². The molecule has 1 amide bonds. The number of amides is 1. The number of nitrogens with zero attached hydrogens (tertiary/aromatic N) is 1. The maximum atomic E-state index is 13.6. The quantitative estimate of drug-likeness (QED) is 0.798. The van der Waals surface area contributed by atoms with Crippen LogP contribution < -0.4 is 5.32 Å². The van der Waals surface area contributed by atoms with Gasteiger partial charge in [0.25, 0.3) is 5.91 Å². The number of carbonyl (C=O) groups is 1. The minimum absolute atomic E-state index is 0.0915. The molecule has 0 aliphatic heterocycles. The van der Waals surface area contributed by atoms with E-state index < -0.39 is 23.2 Å². The number of para-hydroxylation sites is 1. The van der Waals surface area contributed by atoms with Crippen molar-refractivity contribution in [2.75, 3.05) is 5.32 Å². The van der Waals surface area contributed by atoms with E-state index in [1.165, 1.54) is 12.3 Å². The largest absolute Gasteiger partial charge is 0.355 e. The van der Waals surface area contributed by atoms with Crippen molar-refractivity contribution in [2.24, 2.45) is 0 Å². The molecule has 0 saturated carbocycles. The van der Waals surface area contributed by atoms with Crippen LogP contribution in [0.1, 0.15) is 10.4 Å². The number of benzene rings is 2. The third kappa shape index (κ3) is 2.58. The number of aromatic nitrogens is 1. The fraction of sp³-hybridized carbons (Fsp3) is 0. The fourth-order valence-electron chi connectivity index (χ4n) is 2.00. The molecule has 1 N–H and O–H groups in total. The van der Waals surface area contributed by atoms with Gasteiger partial charge < -0.3 is 9.84 Å². The third-order valence-electron chi connectivity index (χ3n) is 3.05. The second-order valence-corrected chi connectivity index (χ2v) is 4.49. The molecule has 1 heterocycles. The van der Waals surface area contributed by atoms with Crippen LogP contribution in [0.5, 0.6) is 0 Å². The zero-order chi connectivity index (χ0) is 15.5. The summed E-state index contributed by atoms with van der Waals surface area (Å²) in [5, 5.41) is 5.78. The van der Waals surface area contributed by atoms with Gasteiger partial charge in [0.15, 0.2) is 5.76 Å². The summed E-state index contributed by atoms with van der Waals surface area (Å²) < 4.78 is 32.2. The first-order valence-corrected chi connectivity index (χ1v) is 6.42. The summed E-state index contributed by atoms with van der Waals surface area (Å²) >= 11 is 0. The normalized spacial score (nSPS) is 10.5. The van der Waals surface area contributed by atoms with Gasteiger partial charge in [0.1, 0.15) is 22.9 Å². The van der Waals surface area contributed by atoms with Gasteiger partial charge in [0.2, 0.25) is 0 Å². The van der Waals surface area contributed by atoms with Crippen molar-refractivity contribution in [3.8, 4) is 11.3 Å². The van der Waals surface area contributed by atoms with Crippen molar-refractivity contribution in [2.45, 2.75) is 0 Å². The Morgan fingerprint density at radius 2 is 1.68 bits per heavy atom. The van der Waals surface area contributed by atoms with Gasteiger partial charge in [0, 0.05) is 5.56 Å². The second kappa shape index (κ2) is 5.77. The number of anilines is 1. The lowest BCUT2D eigenvalue weighted by molar-refractivity contribution is 0.102. The standard InChI is InChI=1S/C16H10F2N2O2/c17-12-7-4-8-13(18)14(12)20-16(21)11-9-19-22-15(11)10-5-2-1-3-6-10/h1-9H,(H,20,21). The third-order valence-corrected chi connectivity index (χ3v) is 3.05. The van der Waals surface area contributed by atoms with Crippen molar-refractivity contribution < 1.29 is 18.1 Å². The SMILES string of the molecule is O=C(Nc1c(F)cccc1F)c1cnoc1-c1ccccc1. The van der Waals surface area contributed by atoms with E-state index in [9.17, 15) is 13.6 Å². The van der Waals surface area contributed by atoms with Gasteiger partial charge in [-0.15, -0.1) is 0 Å². The van der Waals surface area contributed by atoms with Crippen molar-refractivity contribution in [3.05, 3.63) is 71.9 Å². The maximum absolute atomic E-state index is 13.6. The van der Waals surface area contributed by atoms with Crippen LogP contribution in [0, 0.1) is 11.6 Å². The Kier molecular flexibility index (Phi) is 3.65. The van der Waals surface area contributed by atoms with E-state index in [2.05, 4.69) is 10.5 Å². The molecular weight excluding hydrogens is 290 g/mol. The zero-order valence-electron chi connectivity index (χ0n) is 11.2. The predicted molar refractivity (Wildman–Crippen MR) is 76.3 cm³/mol. The van der Waals surface area contributed by atoms with Gasteiger partial charge in [-0.1, -0.05) is 41.6 Å². The molecule has 3 aromatic rings. The molecule has 4 nitrogen and oxygen atoms in total.